The third kappa shape index (κ3) is 5.15. The maximum atomic E-state index is 12.6. The highest BCUT2D eigenvalue weighted by Crippen LogP contribution is 2.22. The molecule has 3 rings (SSSR count). The van der Waals surface area contributed by atoms with Crippen LogP contribution in [0.25, 0.3) is 0 Å². The molecule has 0 atom stereocenters. The number of morpholine rings is 1. The van der Waals surface area contributed by atoms with Crippen molar-refractivity contribution in [3.8, 4) is 5.75 Å². The molecule has 1 aliphatic rings. The Balaban J connectivity index is 1.56. The first-order valence-electron chi connectivity index (χ1n) is 9.31. The minimum atomic E-state index is -3.57. The fourth-order valence-corrected chi connectivity index (χ4v) is 4.31. The highest BCUT2D eigenvalue weighted by atomic mass is 32.2. The van der Waals surface area contributed by atoms with Gasteiger partial charge in [0, 0.05) is 19.6 Å². The average molecular weight is 433 g/mol. The quantitative estimate of drug-likeness (QED) is 0.657. The number of benzene rings is 2. The second-order valence-corrected chi connectivity index (χ2v) is 8.44. The van der Waals surface area contributed by atoms with Crippen LogP contribution >= 0.6 is 0 Å². The van der Waals surface area contributed by atoms with E-state index in [-0.39, 0.29) is 11.4 Å². The average Bonchev–Trinajstić information content (AvgIpc) is 2.78. The van der Waals surface area contributed by atoms with Gasteiger partial charge in [-0.2, -0.15) is 4.31 Å². The standard InChI is InChI=1S/C20H23N3O6S/c1-28-18-5-3-2-4-17(18)22-20(25)19(24)21-14-15-6-8-16(9-7-15)30(26,27)23-10-12-29-13-11-23/h2-9H,10-14H2,1H3,(H,21,24)(H,22,25). The summed E-state index contributed by atoms with van der Waals surface area (Å²) in [7, 11) is -2.11. The molecule has 1 saturated heterocycles. The van der Waals surface area contributed by atoms with Crippen LogP contribution in [0.5, 0.6) is 5.75 Å². The van der Waals surface area contributed by atoms with Crippen LogP contribution in [-0.2, 0) is 30.9 Å². The fourth-order valence-electron chi connectivity index (χ4n) is 2.90. The van der Waals surface area contributed by atoms with Gasteiger partial charge < -0.3 is 20.1 Å². The Kier molecular flexibility index (Phi) is 7.03. The third-order valence-electron chi connectivity index (χ3n) is 4.55. The van der Waals surface area contributed by atoms with E-state index in [1.54, 1.807) is 36.4 Å². The number of amides is 2. The van der Waals surface area contributed by atoms with Crippen LogP contribution in [0.15, 0.2) is 53.4 Å². The molecule has 1 aliphatic heterocycles. The Bertz CT molecular complexity index is 1000. The van der Waals surface area contributed by atoms with E-state index < -0.39 is 21.8 Å². The normalized spacial score (nSPS) is 14.7. The zero-order valence-electron chi connectivity index (χ0n) is 16.5. The summed E-state index contributed by atoms with van der Waals surface area (Å²) in [5, 5.41) is 5.00. The van der Waals surface area contributed by atoms with E-state index in [4.69, 9.17) is 9.47 Å². The Hall–Kier alpha value is -2.95. The molecular weight excluding hydrogens is 410 g/mol. The number of hydrogen-bond acceptors (Lipinski definition) is 6. The number of carbonyl (C=O) groups is 2. The summed E-state index contributed by atoms with van der Waals surface area (Å²) in [4.78, 5) is 24.3. The summed E-state index contributed by atoms with van der Waals surface area (Å²) in [5.41, 5.74) is 1.05. The molecule has 0 radical (unpaired) electrons. The third-order valence-corrected chi connectivity index (χ3v) is 6.46. The number of carbonyl (C=O) groups excluding carboxylic acids is 2. The van der Waals surface area contributed by atoms with Gasteiger partial charge in [-0.05, 0) is 29.8 Å². The molecule has 0 bridgehead atoms. The first-order valence-corrected chi connectivity index (χ1v) is 10.7. The van der Waals surface area contributed by atoms with Crippen LogP contribution in [0.2, 0.25) is 0 Å². The lowest BCUT2D eigenvalue weighted by Crippen LogP contribution is -2.40. The van der Waals surface area contributed by atoms with E-state index in [1.807, 2.05) is 0 Å². The highest BCUT2D eigenvalue weighted by Gasteiger charge is 2.26. The molecular formula is C20H23N3O6S. The molecule has 0 spiro atoms. The van der Waals surface area contributed by atoms with Crippen molar-refractivity contribution in [2.24, 2.45) is 0 Å². The van der Waals surface area contributed by atoms with E-state index in [2.05, 4.69) is 10.6 Å². The minimum Gasteiger partial charge on any atom is -0.495 e. The molecule has 9 nitrogen and oxygen atoms in total. The van der Waals surface area contributed by atoms with Gasteiger partial charge in [0.25, 0.3) is 0 Å². The molecule has 10 heteroatoms. The molecule has 1 heterocycles. The molecule has 0 aliphatic carbocycles. The number of sulfonamides is 1. The van der Waals surface area contributed by atoms with Crippen molar-refractivity contribution in [3.05, 3.63) is 54.1 Å². The Morgan fingerprint density at radius 3 is 2.37 bits per heavy atom. The van der Waals surface area contributed by atoms with Crippen molar-refractivity contribution in [3.63, 3.8) is 0 Å². The number of ether oxygens (including phenoxy) is 2. The van der Waals surface area contributed by atoms with Crippen molar-refractivity contribution >= 4 is 27.5 Å². The van der Waals surface area contributed by atoms with Gasteiger partial charge in [0.15, 0.2) is 0 Å². The van der Waals surface area contributed by atoms with Gasteiger partial charge in [-0.3, -0.25) is 9.59 Å². The monoisotopic (exact) mass is 433 g/mol. The first-order chi connectivity index (χ1) is 14.4. The van der Waals surface area contributed by atoms with Crippen molar-refractivity contribution in [2.75, 3.05) is 38.7 Å². The van der Waals surface area contributed by atoms with Crippen LogP contribution in [-0.4, -0.2) is 58.0 Å². The smallest absolute Gasteiger partial charge is 0.313 e. The number of hydrogen-bond donors (Lipinski definition) is 2. The predicted molar refractivity (Wildman–Crippen MR) is 109 cm³/mol. The zero-order chi connectivity index (χ0) is 21.6. The minimum absolute atomic E-state index is 0.0794. The van der Waals surface area contributed by atoms with Gasteiger partial charge in [0.1, 0.15) is 5.75 Å². The second kappa shape index (κ2) is 9.70. The van der Waals surface area contributed by atoms with Gasteiger partial charge in [-0.15, -0.1) is 0 Å². The number of nitrogens with one attached hydrogen (secondary N) is 2. The summed E-state index contributed by atoms with van der Waals surface area (Å²) in [6, 6.07) is 12.9. The molecule has 160 valence electrons. The summed E-state index contributed by atoms with van der Waals surface area (Å²) in [6.07, 6.45) is 0. The molecule has 2 N–H and O–H groups in total. The largest absolute Gasteiger partial charge is 0.495 e. The summed E-state index contributed by atoms with van der Waals surface area (Å²) < 4.78 is 36.9. The first kappa shape index (κ1) is 21.8. The Morgan fingerprint density at radius 1 is 1.03 bits per heavy atom. The number of methoxy groups -OCH3 is 1. The molecule has 2 aromatic rings. The van der Waals surface area contributed by atoms with Crippen molar-refractivity contribution < 1.29 is 27.5 Å². The Labute approximate surface area is 175 Å². The maximum absolute atomic E-state index is 12.6. The number of anilines is 1. The number of para-hydroxylation sites is 2. The van der Waals surface area contributed by atoms with Gasteiger partial charge in [-0.25, -0.2) is 8.42 Å². The fraction of sp³-hybridized carbons (Fsp3) is 0.300. The van der Waals surface area contributed by atoms with Gasteiger partial charge in [0.05, 0.1) is 30.9 Å². The van der Waals surface area contributed by atoms with E-state index in [0.29, 0.717) is 43.3 Å². The highest BCUT2D eigenvalue weighted by molar-refractivity contribution is 7.89. The van der Waals surface area contributed by atoms with Crippen LogP contribution in [0, 0.1) is 0 Å². The lowest BCUT2D eigenvalue weighted by atomic mass is 10.2. The maximum Gasteiger partial charge on any atom is 0.313 e. The van der Waals surface area contributed by atoms with E-state index in [1.165, 1.54) is 23.5 Å². The van der Waals surface area contributed by atoms with Gasteiger partial charge >= 0.3 is 11.8 Å². The van der Waals surface area contributed by atoms with E-state index >= 15 is 0 Å². The predicted octanol–water partition coefficient (Wildman–Crippen LogP) is 0.971. The number of rotatable bonds is 6. The topological polar surface area (TPSA) is 114 Å². The summed E-state index contributed by atoms with van der Waals surface area (Å²) in [6.45, 7) is 1.47. The van der Waals surface area contributed by atoms with Crippen LogP contribution in [0.3, 0.4) is 0 Å². The lowest BCUT2D eigenvalue weighted by Gasteiger charge is -2.26. The van der Waals surface area contributed by atoms with Crippen LogP contribution < -0.4 is 15.4 Å². The van der Waals surface area contributed by atoms with Gasteiger partial charge in [-0.1, -0.05) is 24.3 Å². The van der Waals surface area contributed by atoms with Crippen LogP contribution in [0.4, 0.5) is 5.69 Å². The zero-order valence-corrected chi connectivity index (χ0v) is 17.3. The van der Waals surface area contributed by atoms with Crippen molar-refractivity contribution in [1.29, 1.82) is 0 Å². The summed E-state index contributed by atoms with van der Waals surface area (Å²) >= 11 is 0. The van der Waals surface area contributed by atoms with E-state index in [9.17, 15) is 18.0 Å². The Morgan fingerprint density at radius 2 is 1.70 bits per heavy atom. The van der Waals surface area contributed by atoms with E-state index in [0.717, 1.165) is 0 Å². The SMILES string of the molecule is COc1ccccc1NC(=O)C(=O)NCc1ccc(S(=O)(=O)N2CCOCC2)cc1. The molecule has 1 fully saturated rings. The molecule has 30 heavy (non-hydrogen) atoms. The second-order valence-electron chi connectivity index (χ2n) is 6.50. The van der Waals surface area contributed by atoms with Gasteiger partial charge in [0.2, 0.25) is 10.0 Å². The van der Waals surface area contributed by atoms with Crippen LogP contribution in [0.1, 0.15) is 5.56 Å². The van der Waals surface area contributed by atoms with Crippen molar-refractivity contribution in [2.45, 2.75) is 11.4 Å². The molecule has 0 aromatic heterocycles. The lowest BCUT2D eigenvalue weighted by molar-refractivity contribution is -0.136. The summed E-state index contributed by atoms with van der Waals surface area (Å²) in [5.74, 6) is -1.20. The molecule has 0 saturated carbocycles. The molecule has 2 amide bonds. The molecule has 2 aromatic carbocycles. The van der Waals surface area contributed by atoms with Crippen molar-refractivity contribution in [1.82, 2.24) is 9.62 Å². The molecule has 0 unspecified atom stereocenters. The number of nitrogens with zero attached hydrogens (tertiary/aromatic N) is 1.